The predicted octanol–water partition coefficient (Wildman–Crippen LogP) is 4.61. The summed E-state index contributed by atoms with van der Waals surface area (Å²) in [6.07, 6.45) is 5.60. The third-order valence-corrected chi connectivity index (χ3v) is 9.64. The second kappa shape index (κ2) is 7.23. The van der Waals surface area contributed by atoms with Crippen LogP contribution in [-0.4, -0.2) is 8.32 Å². The molecule has 0 aliphatic carbocycles. The molecule has 130 valence electrons. The van der Waals surface area contributed by atoms with Crippen molar-refractivity contribution in [2.75, 3.05) is 0 Å². The minimum absolute atomic E-state index is 0.0676. The zero-order chi connectivity index (χ0) is 18.6. The summed E-state index contributed by atoms with van der Waals surface area (Å²) in [4.78, 5) is 0. The molecule has 0 atom stereocenters. The molecular formula is C24H24OSi. The van der Waals surface area contributed by atoms with E-state index in [9.17, 15) is 0 Å². The fraction of sp³-hybridized carbons (Fsp3) is 0.167. The van der Waals surface area contributed by atoms with Gasteiger partial charge in [-0.15, -0.1) is 6.42 Å². The van der Waals surface area contributed by atoms with E-state index in [2.05, 4.69) is 87.4 Å². The average molecular weight is 357 g/mol. The van der Waals surface area contributed by atoms with Gasteiger partial charge in [-0.25, -0.2) is 0 Å². The van der Waals surface area contributed by atoms with Crippen molar-refractivity contribution >= 4 is 18.7 Å². The van der Waals surface area contributed by atoms with Crippen LogP contribution in [0.4, 0.5) is 0 Å². The number of benzene rings is 3. The quantitative estimate of drug-likeness (QED) is 0.490. The number of hydrogen-bond donors (Lipinski definition) is 0. The predicted molar refractivity (Wildman–Crippen MR) is 113 cm³/mol. The number of terminal acetylenes is 1. The summed E-state index contributed by atoms with van der Waals surface area (Å²) in [5.41, 5.74) is 0.834. The summed E-state index contributed by atoms with van der Waals surface area (Å²) < 4.78 is 6.92. The Morgan fingerprint density at radius 3 is 1.77 bits per heavy atom. The van der Waals surface area contributed by atoms with Crippen molar-refractivity contribution in [1.82, 2.24) is 0 Å². The van der Waals surface area contributed by atoms with Crippen molar-refractivity contribution in [2.24, 2.45) is 0 Å². The first-order valence-electron chi connectivity index (χ1n) is 8.84. The highest BCUT2D eigenvalue weighted by Gasteiger charge is 2.52. The molecule has 0 fully saturated rings. The standard InChI is InChI=1S/C24H24OSi/c1-5-20-13-12-14-21(19-20)25-26(24(2,3)4,22-15-8-6-9-16-22)23-17-10-7-11-18-23/h1,6-19H,2-4H3. The third-order valence-electron chi connectivity index (χ3n) is 4.69. The topological polar surface area (TPSA) is 9.23 Å². The van der Waals surface area contributed by atoms with Crippen LogP contribution in [0.25, 0.3) is 0 Å². The molecule has 0 amide bonds. The minimum atomic E-state index is -2.59. The number of hydrogen-bond acceptors (Lipinski definition) is 1. The first kappa shape index (κ1) is 18.0. The molecule has 0 aliphatic rings. The lowest BCUT2D eigenvalue weighted by Crippen LogP contribution is -2.68. The second-order valence-corrected chi connectivity index (χ2v) is 11.7. The molecular weight excluding hydrogens is 332 g/mol. The van der Waals surface area contributed by atoms with E-state index in [1.54, 1.807) is 0 Å². The van der Waals surface area contributed by atoms with Crippen LogP contribution in [-0.2, 0) is 0 Å². The third kappa shape index (κ3) is 3.31. The molecule has 0 saturated heterocycles. The molecule has 26 heavy (non-hydrogen) atoms. The Hall–Kier alpha value is -2.76. The molecule has 0 radical (unpaired) electrons. The Bertz CT molecular complexity index is 863. The molecule has 0 N–H and O–H groups in total. The van der Waals surface area contributed by atoms with Crippen LogP contribution in [0.2, 0.25) is 5.04 Å². The van der Waals surface area contributed by atoms with Gasteiger partial charge >= 0.3 is 8.32 Å². The molecule has 1 nitrogen and oxygen atoms in total. The summed E-state index contributed by atoms with van der Waals surface area (Å²) in [5.74, 6) is 3.54. The molecule has 0 heterocycles. The lowest BCUT2D eigenvalue weighted by atomic mass is 10.2. The minimum Gasteiger partial charge on any atom is -0.534 e. The van der Waals surface area contributed by atoms with Crippen molar-refractivity contribution < 1.29 is 4.43 Å². The molecule has 0 bridgehead atoms. The van der Waals surface area contributed by atoms with Crippen LogP contribution in [0.1, 0.15) is 26.3 Å². The van der Waals surface area contributed by atoms with Crippen molar-refractivity contribution in [3.63, 3.8) is 0 Å². The van der Waals surface area contributed by atoms with Crippen molar-refractivity contribution in [3.05, 3.63) is 90.5 Å². The van der Waals surface area contributed by atoms with Gasteiger partial charge in [-0.05, 0) is 33.6 Å². The smallest absolute Gasteiger partial charge is 0.319 e. The molecule has 0 aromatic heterocycles. The first-order chi connectivity index (χ1) is 12.5. The fourth-order valence-electron chi connectivity index (χ4n) is 3.48. The van der Waals surface area contributed by atoms with Crippen LogP contribution < -0.4 is 14.8 Å². The summed E-state index contributed by atoms with van der Waals surface area (Å²) in [6.45, 7) is 6.80. The summed E-state index contributed by atoms with van der Waals surface area (Å²) in [7, 11) is -2.59. The molecule has 2 heteroatoms. The molecule has 3 aromatic carbocycles. The fourth-order valence-corrected chi connectivity index (χ4v) is 7.89. The lowest BCUT2D eigenvalue weighted by molar-refractivity contribution is 0.508. The van der Waals surface area contributed by atoms with Crippen LogP contribution in [0.3, 0.4) is 0 Å². The van der Waals surface area contributed by atoms with E-state index in [4.69, 9.17) is 10.8 Å². The lowest BCUT2D eigenvalue weighted by Gasteiger charge is -2.43. The normalized spacial score (nSPS) is 11.6. The van der Waals surface area contributed by atoms with Crippen molar-refractivity contribution in [1.29, 1.82) is 0 Å². The monoisotopic (exact) mass is 356 g/mol. The van der Waals surface area contributed by atoms with E-state index in [0.29, 0.717) is 0 Å². The zero-order valence-electron chi connectivity index (χ0n) is 15.6. The van der Waals surface area contributed by atoms with E-state index >= 15 is 0 Å². The SMILES string of the molecule is C#Cc1cccc(O[Si](c2ccccc2)(c2ccccc2)C(C)(C)C)c1. The Kier molecular flexibility index (Phi) is 5.02. The van der Waals surface area contributed by atoms with E-state index < -0.39 is 8.32 Å². The highest BCUT2D eigenvalue weighted by molar-refractivity contribution is 7.00. The van der Waals surface area contributed by atoms with Gasteiger partial charge in [0.15, 0.2) is 0 Å². The Morgan fingerprint density at radius 1 is 0.769 bits per heavy atom. The van der Waals surface area contributed by atoms with Crippen LogP contribution in [0.15, 0.2) is 84.9 Å². The van der Waals surface area contributed by atoms with Crippen LogP contribution >= 0.6 is 0 Å². The van der Waals surface area contributed by atoms with Crippen molar-refractivity contribution in [2.45, 2.75) is 25.8 Å². The van der Waals surface area contributed by atoms with Gasteiger partial charge < -0.3 is 4.43 Å². The summed E-state index contributed by atoms with van der Waals surface area (Å²) in [6, 6.07) is 29.1. The molecule has 0 spiro atoms. The molecule has 3 aromatic rings. The van der Waals surface area contributed by atoms with Gasteiger partial charge in [-0.1, -0.05) is 93.4 Å². The molecule has 0 saturated carbocycles. The summed E-state index contributed by atoms with van der Waals surface area (Å²) in [5, 5.41) is 2.44. The largest absolute Gasteiger partial charge is 0.534 e. The maximum absolute atomic E-state index is 6.92. The molecule has 0 unspecified atom stereocenters. The van der Waals surface area contributed by atoms with Gasteiger partial charge in [0.25, 0.3) is 0 Å². The first-order valence-corrected chi connectivity index (χ1v) is 10.7. The van der Waals surface area contributed by atoms with Gasteiger partial charge in [0, 0.05) is 5.56 Å². The number of rotatable bonds is 4. The molecule has 3 rings (SSSR count). The van der Waals surface area contributed by atoms with E-state index in [1.165, 1.54) is 10.4 Å². The molecule has 0 aliphatic heterocycles. The second-order valence-electron chi connectivity index (χ2n) is 7.44. The van der Waals surface area contributed by atoms with Crippen molar-refractivity contribution in [3.8, 4) is 18.1 Å². The maximum atomic E-state index is 6.92. The van der Waals surface area contributed by atoms with Gasteiger partial charge in [-0.3, -0.25) is 0 Å². The summed E-state index contributed by atoms with van der Waals surface area (Å²) >= 11 is 0. The van der Waals surface area contributed by atoms with Crippen LogP contribution in [0.5, 0.6) is 5.75 Å². The van der Waals surface area contributed by atoms with E-state index in [0.717, 1.165) is 11.3 Å². The maximum Gasteiger partial charge on any atom is 0.319 e. The van der Waals surface area contributed by atoms with Gasteiger partial charge in [0.05, 0.1) is 0 Å². The zero-order valence-corrected chi connectivity index (χ0v) is 16.6. The van der Waals surface area contributed by atoms with E-state index in [-0.39, 0.29) is 5.04 Å². The van der Waals surface area contributed by atoms with E-state index in [1.807, 2.05) is 24.3 Å². The van der Waals surface area contributed by atoms with Gasteiger partial charge in [0.2, 0.25) is 0 Å². The Labute approximate surface area is 157 Å². The Balaban J connectivity index is 2.25. The van der Waals surface area contributed by atoms with Crippen LogP contribution in [0, 0.1) is 12.3 Å². The average Bonchev–Trinajstić information content (AvgIpc) is 2.66. The van der Waals surface area contributed by atoms with Gasteiger partial charge in [-0.2, -0.15) is 0 Å². The van der Waals surface area contributed by atoms with Gasteiger partial charge in [0.1, 0.15) is 5.75 Å². The highest BCUT2D eigenvalue weighted by atomic mass is 28.4. The Morgan fingerprint density at radius 2 is 1.31 bits per heavy atom. The highest BCUT2D eigenvalue weighted by Crippen LogP contribution is 2.37.